The van der Waals surface area contributed by atoms with Crippen LogP contribution >= 0.6 is 23.8 Å². The highest BCUT2D eigenvalue weighted by atomic mass is 35.5. The Hall–Kier alpha value is -4.34. The van der Waals surface area contributed by atoms with Crippen LogP contribution in [0.1, 0.15) is 36.8 Å². The summed E-state index contributed by atoms with van der Waals surface area (Å²) in [5, 5.41) is 5.29. The summed E-state index contributed by atoms with van der Waals surface area (Å²) in [6.07, 6.45) is 1.95. The highest BCUT2D eigenvalue weighted by Gasteiger charge is 2.36. The Bertz CT molecular complexity index is 1540. The van der Waals surface area contributed by atoms with E-state index in [4.69, 9.17) is 23.8 Å². The summed E-state index contributed by atoms with van der Waals surface area (Å²) in [7, 11) is 0. The number of nitrogens with one attached hydrogen (secondary N) is 3. The lowest BCUT2D eigenvalue weighted by Gasteiger charge is -2.25. The Morgan fingerprint density at radius 1 is 1.03 bits per heavy atom. The third kappa shape index (κ3) is 5.34. The molecule has 2 heterocycles. The second kappa shape index (κ2) is 11.0. The molecule has 38 heavy (non-hydrogen) atoms. The maximum Gasteiger partial charge on any atom is 0.288 e. The molecular formula is C28H21ClN5O3S. The third-order valence-corrected chi connectivity index (χ3v) is 6.56. The molecule has 3 N–H and O–H groups in total. The Kier molecular flexibility index (Phi) is 7.30. The molecule has 1 aliphatic heterocycles. The second-order valence-electron chi connectivity index (χ2n) is 8.66. The SMILES string of the molecule is O=C(NNC(=S)NC(Cc1cccc(Cl)c1)CN1C(=O)c2ccccc2C1=O)c1nccc2c[c]ccc12. The van der Waals surface area contributed by atoms with Crippen LogP contribution in [0.4, 0.5) is 0 Å². The largest absolute Gasteiger partial charge is 0.356 e. The van der Waals surface area contributed by atoms with E-state index >= 15 is 0 Å². The number of hydrazine groups is 1. The molecule has 3 amide bonds. The number of carbonyl (C=O) groups excluding carboxylic acids is 3. The van der Waals surface area contributed by atoms with Crippen molar-refractivity contribution in [3.8, 4) is 0 Å². The maximum atomic E-state index is 13.0. The topological polar surface area (TPSA) is 103 Å². The first-order valence-electron chi connectivity index (χ1n) is 11.7. The molecule has 1 unspecified atom stereocenters. The molecule has 1 aliphatic rings. The predicted octanol–water partition coefficient (Wildman–Crippen LogP) is 3.70. The van der Waals surface area contributed by atoms with Crippen LogP contribution in [-0.2, 0) is 6.42 Å². The summed E-state index contributed by atoms with van der Waals surface area (Å²) < 4.78 is 0. The Morgan fingerprint density at radius 2 is 1.79 bits per heavy atom. The fourth-order valence-electron chi connectivity index (χ4n) is 4.37. The van der Waals surface area contributed by atoms with Gasteiger partial charge in [-0.05, 0) is 72.1 Å². The quantitative estimate of drug-likeness (QED) is 0.194. The van der Waals surface area contributed by atoms with Crippen molar-refractivity contribution < 1.29 is 14.4 Å². The van der Waals surface area contributed by atoms with Gasteiger partial charge < -0.3 is 5.32 Å². The molecule has 0 fully saturated rings. The van der Waals surface area contributed by atoms with E-state index in [1.807, 2.05) is 12.1 Å². The minimum Gasteiger partial charge on any atom is -0.356 e. The van der Waals surface area contributed by atoms with Gasteiger partial charge in [-0.25, -0.2) is 0 Å². The summed E-state index contributed by atoms with van der Waals surface area (Å²) in [4.78, 5) is 44.1. The van der Waals surface area contributed by atoms with Crippen molar-refractivity contribution in [2.75, 3.05) is 6.54 Å². The van der Waals surface area contributed by atoms with Crippen molar-refractivity contribution in [2.24, 2.45) is 0 Å². The van der Waals surface area contributed by atoms with Gasteiger partial charge in [0.1, 0.15) is 5.69 Å². The number of nitrogens with zero attached hydrogens (tertiary/aromatic N) is 2. The molecule has 8 nitrogen and oxygen atoms in total. The predicted molar refractivity (Wildman–Crippen MR) is 148 cm³/mol. The number of pyridine rings is 1. The zero-order valence-electron chi connectivity index (χ0n) is 19.9. The number of hydrogen-bond donors (Lipinski definition) is 3. The lowest BCUT2D eigenvalue weighted by molar-refractivity contribution is 0.0641. The molecule has 1 aromatic heterocycles. The third-order valence-electron chi connectivity index (χ3n) is 6.10. The van der Waals surface area contributed by atoms with Crippen molar-refractivity contribution in [1.29, 1.82) is 0 Å². The van der Waals surface area contributed by atoms with E-state index in [0.29, 0.717) is 28.0 Å². The van der Waals surface area contributed by atoms with Crippen LogP contribution in [-0.4, -0.2) is 45.3 Å². The molecule has 0 saturated heterocycles. The molecule has 3 aromatic carbocycles. The van der Waals surface area contributed by atoms with Crippen LogP contribution in [0.15, 0.2) is 79.0 Å². The summed E-state index contributed by atoms with van der Waals surface area (Å²) in [5.41, 5.74) is 7.11. The average Bonchev–Trinajstić information content (AvgIpc) is 3.16. The van der Waals surface area contributed by atoms with Gasteiger partial charge in [-0.2, -0.15) is 0 Å². The van der Waals surface area contributed by atoms with Gasteiger partial charge in [-0.15, -0.1) is 0 Å². The number of fused-ring (bicyclic) bond motifs is 2. The summed E-state index contributed by atoms with van der Waals surface area (Å²) in [6.45, 7) is 0.0516. The number of carbonyl (C=O) groups is 3. The zero-order chi connectivity index (χ0) is 26.6. The molecule has 0 saturated carbocycles. The number of amides is 3. The molecule has 0 bridgehead atoms. The van der Waals surface area contributed by atoms with E-state index in [1.165, 1.54) is 4.90 Å². The van der Waals surface area contributed by atoms with Crippen LogP contribution < -0.4 is 16.2 Å². The zero-order valence-corrected chi connectivity index (χ0v) is 21.5. The molecule has 0 spiro atoms. The van der Waals surface area contributed by atoms with Crippen LogP contribution in [0.2, 0.25) is 5.02 Å². The Morgan fingerprint density at radius 3 is 2.53 bits per heavy atom. The van der Waals surface area contributed by atoms with Gasteiger partial charge in [0.05, 0.1) is 17.2 Å². The number of rotatable bonds is 6. The standard InChI is InChI=1S/C28H21ClN5O3S/c29-19-8-5-6-17(14-19)15-20(16-34-26(36)22-10-3-4-11-23(22)27(34)37)31-28(38)33-32-25(35)24-21-9-2-1-7-18(21)12-13-30-24/h2-14,20H,15-16H2,(H,32,35)(H2,31,33,38). The molecule has 1 atom stereocenters. The van der Waals surface area contributed by atoms with Crippen molar-refractivity contribution in [3.63, 3.8) is 0 Å². The second-order valence-corrected chi connectivity index (χ2v) is 9.50. The minimum absolute atomic E-state index is 0.0516. The molecule has 10 heteroatoms. The van der Waals surface area contributed by atoms with Gasteiger partial charge in [0.15, 0.2) is 5.11 Å². The monoisotopic (exact) mass is 542 g/mol. The van der Waals surface area contributed by atoms with Gasteiger partial charge in [0, 0.05) is 23.2 Å². The average molecular weight is 543 g/mol. The molecule has 5 rings (SSSR count). The van der Waals surface area contributed by atoms with Gasteiger partial charge in [0.2, 0.25) is 0 Å². The number of thiocarbonyl (C=S) groups is 1. The first kappa shape index (κ1) is 25.3. The van der Waals surface area contributed by atoms with E-state index in [9.17, 15) is 14.4 Å². The summed E-state index contributed by atoms with van der Waals surface area (Å²) in [5.74, 6) is -1.21. The van der Waals surface area contributed by atoms with E-state index in [1.54, 1.807) is 66.9 Å². The fourth-order valence-corrected chi connectivity index (χ4v) is 4.80. The summed E-state index contributed by atoms with van der Waals surface area (Å²) >= 11 is 11.6. The van der Waals surface area contributed by atoms with E-state index in [-0.39, 0.29) is 29.2 Å². The smallest absolute Gasteiger partial charge is 0.288 e. The van der Waals surface area contributed by atoms with E-state index < -0.39 is 11.9 Å². The highest BCUT2D eigenvalue weighted by molar-refractivity contribution is 7.80. The molecule has 1 radical (unpaired) electrons. The van der Waals surface area contributed by atoms with Gasteiger partial charge in [0.25, 0.3) is 17.7 Å². The highest BCUT2D eigenvalue weighted by Crippen LogP contribution is 2.23. The van der Waals surface area contributed by atoms with Crippen LogP contribution in [0, 0.1) is 6.07 Å². The number of benzene rings is 3. The van der Waals surface area contributed by atoms with Crippen LogP contribution in [0.3, 0.4) is 0 Å². The number of hydrogen-bond acceptors (Lipinski definition) is 5. The van der Waals surface area contributed by atoms with Crippen molar-refractivity contribution in [3.05, 3.63) is 112 Å². The molecule has 189 valence electrons. The van der Waals surface area contributed by atoms with Gasteiger partial charge in [-0.3, -0.25) is 35.1 Å². The van der Waals surface area contributed by atoms with Crippen molar-refractivity contribution in [2.45, 2.75) is 12.5 Å². The molecule has 4 aromatic rings. The Balaban J connectivity index is 1.29. The van der Waals surface area contributed by atoms with E-state index in [2.05, 4.69) is 27.2 Å². The Labute approximate surface area is 229 Å². The van der Waals surface area contributed by atoms with E-state index in [0.717, 1.165) is 10.9 Å². The lowest BCUT2D eigenvalue weighted by Crippen LogP contribution is -2.53. The summed E-state index contributed by atoms with van der Waals surface area (Å²) in [6, 6.07) is 23.5. The first-order valence-corrected chi connectivity index (χ1v) is 12.5. The number of aromatic nitrogens is 1. The molecular weight excluding hydrogens is 522 g/mol. The van der Waals surface area contributed by atoms with Crippen molar-refractivity contribution >= 4 is 57.4 Å². The van der Waals surface area contributed by atoms with Gasteiger partial charge >= 0.3 is 0 Å². The fraction of sp³-hybridized carbons (Fsp3) is 0.107. The van der Waals surface area contributed by atoms with Crippen LogP contribution in [0.25, 0.3) is 10.8 Å². The molecule has 0 aliphatic carbocycles. The number of imide groups is 1. The van der Waals surface area contributed by atoms with Crippen LogP contribution in [0.5, 0.6) is 0 Å². The normalized spacial score (nSPS) is 13.2. The maximum absolute atomic E-state index is 13.0. The number of halogens is 1. The lowest BCUT2D eigenvalue weighted by atomic mass is 10.1. The first-order chi connectivity index (χ1) is 18.4. The van der Waals surface area contributed by atoms with Crippen molar-refractivity contribution in [1.82, 2.24) is 26.1 Å². The minimum atomic E-state index is -0.474. The van der Waals surface area contributed by atoms with Gasteiger partial charge in [-0.1, -0.05) is 48.0 Å².